The summed E-state index contributed by atoms with van der Waals surface area (Å²) in [5.74, 6) is 0.0695. The molecule has 0 fully saturated rings. The number of aromatic nitrogens is 3. The van der Waals surface area contributed by atoms with Crippen LogP contribution in [0.4, 0.5) is 23.7 Å². The summed E-state index contributed by atoms with van der Waals surface area (Å²) in [6, 6.07) is 31.1. The van der Waals surface area contributed by atoms with Gasteiger partial charge in [0.25, 0.3) is 0 Å². The van der Waals surface area contributed by atoms with Crippen molar-refractivity contribution in [2.45, 2.75) is 12.5 Å². The van der Waals surface area contributed by atoms with Crippen LogP contribution in [0, 0.1) is 0 Å². The first-order valence-corrected chi connectivity index (χ1v) is 11.8. The topological polar surface area (TPSA) is 78.3 Å². The molecule has 7 nitrogen and oxygen atoms in total. The van der Waals surface area contributed by atoms with Gasteiger partial charge in [-0.25, -0.2) is 14.5 Å². The number of carbonyl (C=O) groups excluding carboxylic acids is 1. The molecule has 0 saturated carbocycles. The molecule has 0 radical (unpaired) electrons. The number of ether oxygens (including phenoxy) is 2. The minimum absolute atomic E-state index is 0.327. The first-order valence-electron chi connectivity index (χ1n) is 11.8. The minimum Gasteiger partial charge on any atom is -0.436 e. The summed E-state index contributed by atoms with van der Waals surface area (Å²) in [6.07, 6.45) is -4.49. The summed E-state index contributed by atoms with van der Waals surface area (Å²) >= 11 is 0. The predicted octanol–water partition coefficient (Wildman–Crippen LogP) is 7.17. The van der Waals surface area contributed by atoms with Crippen LogP contribution in [-0.4, -0.2) is 27.2 Å². The van der Waals surface area contributed by atoms with E-state index in [0.29, 0.717) is 22.8 Å². The fourth-order valence-corrected chi connectivity index (χ4v) is 3.86. The summed E-state index contributed by atoms with van der Waals surface area (Å²) in [5.41, 5.74) is 3.40. The molecular weight excluding hydrogens is 509 g/mol. The second-order valence-corrected chi connectivity index (χ2v) is 8.36. The fraction of sp³-hybridized carbons (Fsp3) is 0.0690. The summed E-state index contributed by atoms with van der Waals surface area (Å²) in [7, 11) is 0. The van der Waals surface area contributed by atoms with Crippen molar-refractivity contribution in [3.05, 3.63) is 127 Å². The lowest BCUT2D eigenvalue weighted by molar-refractivity contribution is -0.274. The number of hydrogen-bond donors (Lipinski definition) is 1. The van der Waals surface area contributed by atoms with Crippen LogP contribution in [0.2, 0.25) is 0 Å². The van der Waals surface area contributed by atoms with E-state index in [4.69, 9.17) is 4.74 Å². The molecule has 5 aromatic rings. The molecule has 1 N–H and O–H groups in total. The van der Waals surface area contributed by atoms with Gasteiger partial charge in [-0.05, 0) is 59.7 Å². The highest BCUT2D eigenvalue weighted by atomic mass is 19.4. The molecule has 39 heavy (non-hydrogen) atoms. The van der Waals surface area contributed by atoms with Crippen molar-refractivity contribution < 1.29 is 27.4 Å². The van der Waals surface area contributed by atoms with Crippen molar-refractivity contribution in [2.75, 3.05) is 5.32 Å². The van der Waals surface area contributed by atoms with Crippen molar-refractivity contribution >= 4 is 11.8 Å². The van der Waals surface area contributed by atoms with Crippen LogP contribution in [0.25, 0.3) is 17.1 Å². The second-order valence-electron chi connectivity index (χ2n) is 8.36. The molecule has 0 aliphatic carbocycles. The zero-order valence-corrected chi connectivity index (χ0v) is 20.2. The number of benzene rings is 4. The highest BCUT2D eigenvalue weighted by molar-refractivity contribution is 5.85. The van der Waals surface area contributed by atoms with Crippen LogP contribution in [0.15, 0.2) is 116 Å². The molecule has 4 aromatic carbocycles. The molecule has 0 bridgehead atoms. The normalized spacial score (nSPS) is 11.3. The molecule has 1 aromatic heterocycles. The smallest absolute Gasteiger partial charge is 0.436 e. The summed E-state index contributed by atoms with van der Waals surface area (Å²) < 4.78 is 48.2. The number of amides is 1. The Hall–Kier alpha value is -5.12. The number of alkyl halides is 3. The van der Waals surface area contributed by atoms with Crippen LogP contribution >= 0.6 is 0 Å². The van der Waals surface area contributed by atoms with E-state index in [9.17, 15) is 18.0 Å². The van der Waals surface area contributed by atoms with Crippen LogP contribution < -0.4 is 10.1 Å². The Morgan fingerprint density at radius 3 is 1.95 bits per heavy atom. The van der Waals surface area contributed by atoms with Gasteiger partial charge in [0.05, 0.1) is 5.69 Å². The average molecular weight is 531 g/mol. The second kappa shape index (κ2) is 11.1. The van der Waals surface area contributed by atoms with Gasteiger partial charge in [0.2, 0.25) is 0 Å². The van der Waals surface area contributed by atoms with Crippen molar-refractivity contribution in [3.63, 3.8) is 0 Å². The van der Waals surface area contributed by atoms with Crippen LogP contribution in [0.1, 0.15) is 17.2 Å². The third kappa shape index (κ3) is 6.61. The molecule has 196 valence electrons. The Morgan fingerprint density at radius 1 is 0.795 bits per heavy atom. The van der Waals surface area contributed by atoms with E-state index >= 15 is 0 Å². The molecular formula is C29H21F3N4O3. The average Bonchev–Trinajstić information content (AvgIpc) is 3.43. The molecule has 0 atom stereocenters. The lowest BCUT2D eigenvalue weighted by Gasteiger charge is -2.19. The lowest BCUT2D eigenvalue weighted by Crippen LogP contribution is -2.18. The highest BCUT2D eigenvalue weighted by Crippen LogP contribution is 2.27. The van der Waals surface area contributed by atoms with E-state index in [1.807, 2.05) is 60.7 Å². The third-order valence-corrected chi connectivity index (χ3v) is 5.65. The standard InChI is InChI=1S/C29H21F3N4O3/c30-29(31,32)39-25-17-15-24(16-18-25)36-19-33-27(35-36)22-11-13-23(14-12-22)34-28(37)38-26(20-7-3-1-4-8-20)21-9-5-2-6-10-21/h1-19,26H,(H,34,37). The molecule has 10 heteroatoms. The Morgan fingerprint density at radius 2 is 1.38 bits per heavy atom. The summed E-state index contributed by atoms with van der Waals surface area (Å²) in [4.78, 5) is 17.0. The van der Waals surface area contributed by atoms with Crippen molar-refractivity contribution in [1.82, 2.24) is 14.8 Å². The number of halogens is 3. The van der Waals surface area contributed by atoms with E-state index in [1.54, 1.807) is 24.3 Å². The van der Waals surface area contributed by atoms with Crippen LogP contribution in [0.5, 0.6) is 5.75 Å². The molecule has 0 unspecified atom stereocenters. The van der Waals surface area contributed by atoms with Crippen molar-refractivity contribution in [3.8, 4) is 22.8 Å². The molecule has 0 aliphatic rings. The highest BCUT2D eigenvalue weighted by Gasteiger charge is 2.31. The monoisotopic (exact) mass is 530 g/mol. The Kier molecular flexibility index (Phi) is 7.26. The van der Waals surface area contributed by atoms with Gasteiger partial charge in [0.15, 0.2) is 11.9 Å². The molecule has 1 amide bonds. The van der Waals surface area contributed by atoms with E-state index in [-0.39, 0.29) is 5.75 Å². The van der Waals surface area contributed by atoms with E-state index in [1.165, 1.54) is 35.3 Å². The predicted molar refractivity (Wildman–Crippen MR) is 138 cm³/mol. The fourth-order valence-electron chi connectivity index (χ4n) is 3.86. The number of carbonyl (C=O) groups is 1. The first kappa shape index (κ1) is 25.5. The number of rotatable bonds is 7. The zero-order chi connectivity index (χ0) is 27.2. The number of nitrogens with zero attached hydrogens (tertiary/aromatic N) is 3. The van der Waals surface area contributed by atoms with Gasteiger partial charge in [-0.15, -0.1) is 18.3 Å². The van der Waals surface area contributed by atoms with Crippen LogP contribution in [-0.2, 0) is 4.74 Å². The van der Waals surface area contributed by atoms with Crippen molar-refractivity contribution in [1.29, 1.82) is 0 Å². The number of nitrogens with one attached hydrogen (secondary N) is 1. The number of anilines is 1. The lowest BCUT2D eigenvalue weighted by atomic mass is 10.0. The quantitative estimate of drug-likeness (QED) is 0.241. The van der Waals surface area contributed by atoms with E-state index in [2.05, 4.69) is 20.1 Å². The van der Waals surface area contributed by atoms with Gasteiger partial charge in [0, 0.05) is 11.3 Å². The maximum Gasteiger partial charge on any atom is 0.573 e. The SMILES string of the molecule is O=C(Nc1ccc(-c2ncn(-c3ccc(OC(F)(F)F)cc3)n2)cc1)OC(c1ccccc1)c1ccccc1. The zero-order valence-electron chi connectivity index (χ0n) is 20.2. The van der Waals surface area contributed by atoms with Gasteiger partial charge in [0.1, 0.15) is 12.1 Å². The largest absolute Gasteiger partial charge is 0.573 e. The van der Waals surface area contributed by atoms with Gasteiger partial charge in [-0.3, -0.25) is 5.32 Å². The van der Waals surface area contributed by atoms with E-state index in [0.717, 1.165) is 11.1 Å². The summed E-state index contributed by atoms with van der Waals surface area (Å²) in [5, 5.41) is 7.13. The maximum atomic E-state index is 12.8. The maximum absolute atomic E-state index is 12.8. The molecule has 0 saturated heterocycles. The third-order valence-electron chi connectivity index (χ3n) is 5.65. The Labute approximate surface area is 221 Å². The van der Waals surface area contributed by atoms with Gasteiger partial charge in [-0.1, -0.05) is 60.7 Å². The minimum atomic E-state index is -4.76. The van der Waals surface area contributed by atoms with Crippen LogP contribution in [0.3, 0.4) is 0 Å². The van der Waals surface area contributed by atoms with Gasteiger partial charge in [-0.2, -0.15) is 0 Å². The Balaban J connectivity index is 1.24. The van der Waals surface area contributed by atoms with Gasteiger partial charge < -0.3 is 9.47 Å². The Bertz CT molecular complexity index is 1480. The number of hydrogen-bond acceptors (Lipinski definition) is 5. The molecule has 0 aliphatic heterocycles. The first-order chi connectivity index (χ1) is 18.8. The van der Waals surface area contributed by atoms with Gasteiger partial charge >= 0.3 is 12.5 Å². The molecule has 1 heterocycles. The molecule has 0 spiro atoms. The molecule has 5 rings (SSSR count). The van der Waals surface area contributed by atoms with E-state index < -0.39 is 18.6 Å². The summed E-state index contributed by atoms with van der Waals surface area (Å²) in [6.45, 7) is 0. The van der Waals surface area contributed by atoms with Crippen molar-refractivity contribution in [2.24, 2.45) is 0 Å².